The Morgan fingerprint density at radius 2 is 2.12 bits per heavy atom. The molecule has 7 heteroatoms. The molecule has 0 aliphatic heterocycles. The summed E-state index contributed by atoms with van der Waals surface area (Å²) in [5, 5.41) is 0. The minimum atomic E-state index is -0.359. The first-order chi connectivity index (χ1) is 11.6. The fourth-order valence-electron chi connectivity index (χ4n) is 3.09. The van der Waals surface area contributed by atoms with Gasteiger partial charge in [0.05, 0.1) is 17.3 Å². The molecule has 1 heterocycles. The average molecular weight is 411 g/mol. The number of ether oxygens (including phenoxy) is 1. The predicted octanol–water partition coefficient (Wildman–Crippen LogP) is 3.65. The number of fused-ring (bicyclic) bond motifs is 1. The third kappa shape index (κ3) is 3.95. The largest absolute Gasteiger partial charge is 0.468 e. The third-order valence-corrected chi connectivity index (χ3v) is 5.85. The van der Waals surface area contributed by atoms with Crippen LogP contribution in [0.5, 0.6) is 0 Å². The van der Waals surface area contributed by atoms with Crippen molar-refractivity contribution in [1.82, 2.24) is 4.57 Å². The van der Waals surface area contributed by atoms with E-state index in [2.05, 4.69) is 20.9 Å². The van der Waals surface area contributed by atoms with E-state index in [1.807, 2.05) is 18.2 Å². The highest BCUT2D eigenvalue weighted by Gasteiger charge is 2.19. The van der Waals surface area contributed by atoms with E-state index in [-0.39, 0.29) is 18.4 Å². The van der Waals surface area contributed by atoms with Crippen LogP contribution in [0.3, 0.4) is 0 Å². The molecule has 3 rings (SSSR count). The van der Waals surface area contributed by atoms with Gasteiger partial charge in [0.1, 0.15) is 6.54 Å². The van der Waals surface area contributed by atoms with Crippen LogP contribution in [0.2, 0.25) is 0 Å². The summed E-state index contributed by atoms with van der Waals surface area (Å²) in [7, 11) is 1.36. The number of carbonyl (C=O) groups is 2. The van der Waals surface area contributed by atoms with Crippen LogP contribution in [-0.4, -0.2) is 23.6 Å². The van der Waals surface area contributed by atoms with Crippen LogP contribution in [0.25, 0.3) is 10.2 Å². The summed E-state index contributed by atoms with van der Waals surface area (Å²) in [6, 6.07) is 5.79. The number of benzene rings is 1. The molecule has 0 saturated heterocycles. The quantitative estimate of drug-likeness (QED) is 0.722. The van der Waals surface area contributed by atoms with Crippen molar-refractivity contribution in [2.45, 2.75) is 38.6 Å². The van der Waals surface area contributed by atoms with Crippen molar-refractivity contribution in [3.05, 3.63) is 27.5 Å². The highest BCUT2D eigenvalue weighted by atomic mass is 79.9. The molecule has 1 fully saturated rings. The number of aromatic nitrogens is 1. The van der Waals surface area contributed by atoms with Gasteiger partial charge in [-0.2, -0.15) is 4.99 Å². The van der Waals surface area contributed by atoms with Gasteiger partial charge in [-0.1, -0.05) is 40.1 Å². The molecule has 1 aliphatic rings. The second-order valence-corrected chi connectivity index (χ2v) is 7.94. The molecule has 0 spiro atoms. The summed E-state index contributed by atoms with van der Waals surface area (Å²) in [5.41, 5.74) is 0.876. The number of esters is 1. The monoisotopic (exact) mass is 410 g/mol. The summed E-state index contributed by atoms with van der Waals surface area (Å²) in [5.74, 6) is -0.00715. The zero-order chi connectivity index (χ0) is 17.1. The van der Waals surface area contributed by atoms with Crippen LogP contribution in [0, 0.1) is 5.92 Å². The third-order valence-electron chi connectivity index (χ3n) is 4.32. The Bertz CT molecular complexity index is 834. The Labute approximate surface area is 152 Å². The molecule has 2 aromatic rings. The molecule has 1 aliphatic carbocycles. The van der Waals surface area contributed by atoms with Gasteiger partial charge in [0, 0.05) is 10.9 Å². The van der Waals surface area contributed by atoms with E-state index in [4.69, 9.17) is 4.74 Å². The van der Waals surface area contributed by atoms with Crippen molar-refractivity contribution in [3.63, 3.8) is 0 Å². The van der Waals surface area contributed by atoms with Gasteiger partial charge < -0.3 is 9.30 Å². The van der Waals surface area contributed by atoms with E-state index in [1.165, 1.54) is 31.3 Å². The van der Waals surface area contributed by atoms with E-state index in [0.29, 0.717) is 17.1 Å². The van der Waals surface area contributed by atoms with Gasteiger partial charge in [0.25, 0.3) is 0 Å². The molecule has 0 atom stereocenters. The minimum absolute atomic E-state index is 0.0493. The van der Waals surface area contributed by atoms with Crippen molar-refractivity contribution in [1.29, 1.82) is 0 Å². The molecule has 1 saturated carbocycles. The Morgan fingerprint density at radius 3 is 2.83 bits per heavy atom. The van der Waals surface area contributed by atoms with Crippen molar-refractivity contribution in [2.75, 3.05) is 7.11 Å². The lowest BCUT2D eigenvalue weighted by atomic mass is 10.0. The van der Waals surface area contributed by atoms with Crippen LogP contribution in [-0.2, 0) is 20.9 Å². The van der Waals surface area contributed by atoms with Gasteiger partial charge in [0.2, 0.25) is 5.91 Å². The number of amides is 1. The molecule has 0 N–H and O–H groups in total. The Morgan fingerprint density at radius 1 is 1.38 bits per heavy atom. The zero-order valence-corrected chi connectivity index (χ0v) is 15.9. The van der Waals surface area contributed by atoms with Gasteiger partial charge >= 0.3 is 5.97 Å². The maximum Gasteiger partial charge on any atom is 0.325 e. The number of rotatable bonds is 4. The number of halogens is 1. The first-order valence-electron chi connectivity index (χ1n) is 8.00. The maximum absolute atomic E-state index is 12.3. The molecule has 128 valence electrons. The predicted molar refractivity (Wildman–Crippen MR) is 96.7 cm³/mol. The van der Waals surface area contributed by atoms with E-state index in [0.717, 1.165) is 27.5 Å². The normalized spacial score (nSPS) is 16.0. The summed E-state index contributed by atoms with van der Waals surface area (Å²) in [6.45, 7) is 0.0493. The van der Waals surface area contributed by atoms with Gasteiger partial charge in [-0.25, -0.2) is 0 Å². The second kappa shape index (κ2) is 7.61. The van der Waals surface area contributed by atoms with Crippen molar-refractivity contribution >= 4 is 49.4 Å². The fourth-order valence-corrected chi connectivity index (χ4v) is 4.69. The average Bonchev–Trinajstić information content (AvgIpc) is 3.15. The molecule has 0 unspecified atom stereocenters. The molecule has 1 amide bonds. The standard InChI is InChI=1S/C17H19BrN2O3S/c1-23-16(22)10-20-13-7-6-12(18)9-14(13)24-17(20)19-15(21)8-11-4-2-3-5-11/h6-7,9,11H,2-5,8,10H2,1H3. The van der Waals surface area contributed by atoms with E-state index in [1.54, 1.807) is 4.57 Å². The number of hydrogen-bond acceptors (Lipinski definition) is 4. The van der Waals surface area contributed by atoms with Crippen molar-refractivity contribution < 1.29 is 14.3 Å². The van der Waals surface area contributed by atoms with Crippen LogP contribution in [0.4, 0.5) is 0 Å². The highest BCUT2D eigenvalue weighted by Crippen LogP contribution is 2.28. The van der Waals surface area contributed by atoms with Crippen molar-refractivity contribution in [2.24, 2.45) is 10.9 Å². The lowest BCUT2D eigenvalue weighted by Gasteiger charge is -2.05. The second-order valence-electron chi connectivity index (χ2n) is 6.02. The molecule has 5 nitrogen and oxygen atoms in total. The van der Waals surface area contributed by atoms with Crippen LogP contribution < -0.4 is 4.80 Å². The smallest absolute Gasteiger partial charge is 0.325 e. The first kappa shape index (κ1) is 17.4. The number of nitrogens with zero attached hydrogens (tertiary/aromatic N) is 2. The first-order valence-corrected chi connectivity index (χ1v) is 9.61. The zero-order valence-electron chi connectivity index (χ0n) is 13.5. The van der Waals surface area contributed by atoms with Gasteiger partial charge in [0.15, 0.2) is 4.80 Å². The summed E-state index contributed by atoms with van der Waals surface area (Å²) in [6.07, 6.45) is 5.14. The van der Waals surface area contributed by atoms with E-state index >= 15 is 0 Å². The molecule has 0 radical (unpaired) electrons. The Hall–Kier alpha value is -1.47. The maximum atomic E-state index is 12.3. The lowest BCUT2D eigenvalue weighted by Crippen LogP contribution is -2.22. The van der Waals surface area contributed by atoms with E-state index in [9.17, 15) is 9.59 Å². The number of thiazole rings is 1. The molecule has 1 aromatic carbocycles. The molecule has 0 bridgehead atoms. The van der Waals surface area contributed by atoms with Crippen LogP contribution in [0.1, 0.15) is 32.1 Å². The number of carbonyl (C=O) groups excluding carboxylic acids is 2. The summed E-state index contributed by atoms with van der Waals surface area (Å²) < 4.78 is 8.45. The van der Waals surface area contributed by atoms with Crippen LogP contribution >= 0.6 is 27.3 Å². The minimum Gasteiger partial charge on any atom is -0.468 e. The Kier molecular flexibility index (Phi) is 5.50. The molecule has 24 heavy (non-hydrogen) atoms. The van der Waals surface area contributed by atoms with Gasteiger partial charge in [-0.15, -0.1) is 0 Å². The SMILES string of the molecule is COC(=O)Cn1c(=NC(=O)CC2CCCC2)sc2cc(Br)ccc21. The van der Waals surface area contributed by atoms with Gasteiger partial charge in [-0.05, 0) is 37.0 Å². The number of methoxy groups -OCH3 is 1. The fraction of sp³-hybridized carbons (Fsp3) is 0.471. The molecular weight excluding hydrogens is 392 g/mol. The molecular formula is C17H19BrN2O3S. The van der Waals surface area contributed by atoms with Crippen LogP contribution in [0.15, 0.2) is 27.7 Å². The highest BCUT2D eigenvalue weighted by molar-refractivity contribution is 9.10. The summed E-state index contributed by atoms with van der Waals surface area (Å²) in [4.78, 5) is 28.9. The van der Waals surface area contributed by atoms with Gasteiger partial charge in [-0.3, -0.25) is 9.59 Å². The topological polar surface area (TPSA) is 60.7 Å². The number of hydrogen-bond donors (Lipinski definition) is 0. The molecule has 1 aromatic heterocycles. The van der Waals surface area contributed by atoms with Crippen molar-refractivity contribution in [3.8, 4) is 0 Å². The Balaban J connectivity index is 1.97. The lowest BCUT2D eigenvalue weighted by molar-refractivity contribution is -0.141. The summed E-state index contributed by atoms with van der Waals surface area (Å²) >= 11 is 4.86. The van der Waals surface area contributed by atoms with E-state index < -0.39 is 0 Å².